The van der Waals surface area contributed by atoms with Crippen molar-refractivity contribution in [3.05, 3.63) is 29.6 Å². The second-order valence-corrected chi connectivity index (χ2v) is 5.45. The molecule has 0 bridgehead atoms. The molecule has 5 heteroatoms. The summed E-state index contributed by atoms with van der Waals surface area (Å²) in [5.41, 5.74) is -0.0407. The SMILES string of the molecule is CC(C)(C)OC(=O)Nc1cc(C#CCCCO)ccc1F. The molecule has 2 N–H and O–H groups in total. The quantitative estimate of drug-likeness (QED) is 0.664. The molecule has 0 aromatic heterocycles. The minimum absolute atomic E-state index is 0.0261. The average molecular weight is 293 g/mol. The number of carbonyl (C=O) groups excluding carboxylic acids is 1. The summed E-state index contributed by atoms with van der Waals surface area (Å²) in [6, 6.07) is 4.22. The number of aliphatic hydroxyl groups is 1. The number of hydrogen-bond donors (Lipinski definition) is 2. The van der Waals surface area contributed by atoms with Gasteiger partial charge < -0.3 is 9.84 Å². The first-order chi connectivity index (χ1) is 9.81. The average Bonchev–Trinajstić information content (AvgIpc) is 2.36. The zero-order valence-corrected chi connectivity index (χ0v) is 12.5. The molecule has 1 aromatic carbocycles. The maximum atomic E-state index is 13.7. The molecule has 0 aliphatic heterocycles. The summed E-state index contributed by atoms with van der Waals surface area (Å²) >= 11 is 0. The molecule has 4 nitrogen and oxygen atoms in total. The lowest BCUT2D eigenvalue weighted by molar-refractivity contribution is 0.0635. The molecule has 0 aliphatic carbocycles. The van der Waals surface area contributed by atoms with E-state index in [2.05, 4.69) is 17.2 Å². The Bertz CT molecular complexity index is 553. The molecular weight excluding hydrogens is 273 g/mol. The van der Waals surface area contributed by atoms with Gasteiger partial charge in [-0.05, 0) is 45.4 Å². The zero-order chi connectivity index (χ0) is 15.9. The smallest absolute Gasteiger partial charge is 0.412 e. The molecule has 114 valence electrons. The van der Waals surface area contributed by atoms with Crippen LogP contribution in [0.3, 0.4) is 0 Å². The van der Waals surface area contributed by atoms with Gasteiger partial charge in [-0.2, -0.15) is 0 Å². The monoisotopic (exact) mass is 293 g/mol. The van der Waals surface area contributed by atoms with Crippen LogP contribution in [0.25, 0.3) is 0 Å². The highest BCUT2D eigenvalue weighted by atomic mass is 19.1. The van der Waals surface area contributed by atoms with Crippen LogP contribution in [-0.2, 0) is 4.74 Å². The van der Waals surface area contributed by atoms with Gasteiger partial charge in [-0.1, -0.05) is 11.8 Å². The van der Waals surface area contributed by atoms with Crippen molar-refractivity contribution in [2.24, 2.45) is 0 Å². The largest absolute Gasteiger partial charge is 0.444 e. The van der Waals surface area contributed by atoms with E-state index in [1.165, 1.54) is 18.2 Å². The number of rotatable bonds is 3. The van der Waals surface area contributed by atoms with E-state index in [1.807, 2.05) is 0 Å². The molecule has 21 heavy (non-hydrogen) atoms. The van der Waals surface area contributed by atoms with E-state index >= 15 is 0 Å². The van der Waals surface area contributed by atoms with Crippen molar-refractivity contribution in [3.8, 4) is 11.8 Å². The molecule has 0 heterocycles. The van der Waals surface area contributed by atoms with Gasteiger partial charge in [0.2, 0.25) is 0 Å². The van der Waals surface area contributed by atoms with Gasteiger partial charge in [0.1, 0.15) is 11.4 Å². The van der Waals surface area contributed by atoms with E-state index < -0.39 is 17.5 Å². The third-order valence-electron chi connectivity index (χ3n) is 2.29. The lowest BCUT2D eigenvalue weighted by Gasteiger charge is -2.19. The van der Waals surface area contributed by atoms with E-state index in [-0.39, 0.29) is 12.3 Å². The molecule has 1 aromatic rings. The van der Waals surface area contributed by atoms with E-state index in [9.17, 15) is 9.18 Å². The molecule has 0 saturated heterocycles. The number of benzene rings is 1. The fraction of sp³-hybridized carbons (Fsp3) is 0.438. The Kier molecular flexibility index (Phi) is 6.19. The highest BCUT2D eigenvalue weighted by Gasteiger charge is 2.17. The third-order valence-corrected chi connectivity index (χ3v) is 2.29. The Labute approximate surface area is 124 Å². The highest BCUT2D eigenvalue weighted by molar-refractivity contribution is 5.85. The van der Waals surface area contributed by atoms with Gasteiger partial charge in [-0.3, -0.25) is 5.32 Å². The molecule has 0 saturated carbocycles. The van der Waals surface area contributed by atoms with Crippen molar-refractivity contribution in [3.63, 3.8) is 0 Å². The number of halogens is 1. The summed E-state index contributed by atoms with van der Waals surface area (Å²) in [7, 11) is 0. The van der Waals surface area contributed by atoms with Gasteiger partial charge in [-0.25, -0.2) is 9.18 Å². The van der Waals surface area contributed by atoms with E-state index in [0.29, 0.717) is 18.4 Å². The van der Waals surface area contributed by atoms with Crippen LogP contribution in [0.4, 0.5) is 14.9 Å². The van der Waals surface area contributed by atoms with Gasteiger partial charge in [0, 0.05) is 18.6 Å². The fourth-order valence-electron chi connectivity index (χ4n) is 1.44. The number of carbonyl (C=O) groups is 1. The van der Waals surface area contributed by atoms with Gasteiger partial charge in [-0.15, -0.1) is 0 Å². The number of amides is 1. The maximum Gasteiger partial charge on any atom is 0.412 e. The second-order valence-electron chi connectivity index (χ2n) is 5.45. The molecule has 0 radical (unpaired) electrons. The molecule has 0 aliphatic rings. The molecule has 0 spiro atoms. The third kappa shape index (κ3) is 6.77. The predicted molar refractivity (Wildman–Crippen MR) is 79.5 cm³/mol. The second kappa shape index (κ2) is 7.65. The van der Waals surface area contributed by atoms with Gasteiger partial charge >= 0.3 is 6.09 Å². The lowest BCUT2D eigenvalue weighted by Crippen LogP contribution is -2.27. The molecule has 1 amide bonds. The Hall–Kier alpha value is -2.06. The summed E-state index contributed by atoms with van der Waals surface area (Å²) in [6.07, 6.45) is 0.437. The van der Waals surface area contributed by atoms with Crippen LogP contribution >= 0.6 is 0 Å². The lowest BCUT2D eigenvalue weighted by atomic mass is 10.2. The summed E-state index contributed by atoms with van der Waals surface area (Å²) in [5, 5.41) is 11.0. The number of ether oxygens (including phenoxy) is 1. The van der Waals surface area contributed by atoms with Crippen LogP contribution in [-0.4, -0.2) is 23.4 Å². The topological polar surface area (TPSA) is 58.6 Å². The normalized spacial score (nSPS) is 10.5. The van der Waals surface area contributed by atoms with Crippen molar-refractivity contribution >= 4 is 11.8 Å². The van der Waals surface area contributed by atoms with Crippen LogP contribution in [0.2, 0.25) is 0 Å². The summed E-state index contributed by atoms with van der Waals surface area (Å²) in [6.45, 7) is 5.27. The van der Waals surface area contributed by atoms with Crippen molar-refractivity contribution < 1.29 is 19.0 Å². The minimum Gasteiger partial charge on any atom is -0.444 e. The maximum absolute atomic E-state index is 13.7. The van der Waals surface area contributed by atoms with Crippen molar-refractivity contribution in [1.82, 2.24) is 0 Å². The number of hydrogen-bond acceptors (Lipinski definition) is 3. The van der Waals surface area contributed by atoms with Crippen LogP contribution in [0.15, 0.2) is 18.2 Å². The molecule has 0 fully saturated rings. The van der Waals surface area contributed by atoms with Crippen molar-refractivity contribution in [1.29, 1.82) is 0 Å². The van der Waals surface area contributed by atoms with Crippen molar-refractivity contribution in [2.75, 3.05) is 11.9 Å². The van der Waals surface area contributed by atoms with Crippen LogP contribution in [0.5, 0.6) is 0 Å². The fourth-order valence-corrected chi connectivity index (χ4v) is 1.44. The zero-order valence-electron chi connectivity index (χ0n) is 12.5. The number of unbranched alkanes of at least 4 members (excludes halogenated alkanes) is 1. The summed E-state index contributed by atoms with van der Waals surface area (Å²) < 4.78 is 18.7. The Morgan fingerprint density at radius 3 is 2.76 bits per heavy atom. The molecular formula is C16H20FNO3. The summed E-state index contributed by atoms with van der Waals surface area (Å²) in [4.78, 5) is 11.6. The first kappa shape index (κ1) is 17.0. The molecule has 0 atom stereocenters. The first-order valence-corrected chi connectivity index (χ1v) is 6.71. The van der Waals surface area contributed by atoms with E-state index in [4.69, 9.17) is 9.84 Å². The van der Waals surface area contributed by atoms with E-state index in [1.54, 1.807) is 20.8 Å². The van der Waals surface area contributed by atoms with Gasteiger partial charge in [0.25, 0.3) is 0 Å². The van der Waals surface area contributed by atoms with Gasteiger partial charge in [0.15, 0.2) is 0 Å². The van der Waals surface area contributed by atoms with Crippen LogP contribution in [0, 0.1) is 17.7 Å². The standard InChI is InChI=1S/C16H20FNO3/c1-16(2,3)21-15(20)18-14-11-12(8-9-13(14)17)7-5-4-6-10-19/h8-9,11,19H,4,6,10H2,1-3H3,(H,18,20). The van der Waals surface area contributed by atoms with Crippen LogP contribution < -0.4 is 5.32 Å². The van der Waals surface area contributed by atoms with E-state index in [0.717, 1.165) is 0 Å². The predicted octanol–water partition coefficient (Wildman–Crippen LogP) is 3.30. The number of anilines is 1. The minimum atomic E-state index is -0.716. The molecule has 1 rings (SSSR count). The summed E-state index contributed by atoms with van der Waals surface area (Å²) in [5.74, 6) is 5.16. The Balaban J connectivity index is 2.77. The number of aliphatic hydroxyl groups excluding tert-OH is 1. The number of nitrogens with one attached hydrogen (secondary N) is 1. The first-order valence-electron chi connectivity index (χ1n) is 6.71. The Morgan fingerprint density at radius 1 is 1.43 bits per heavy atom. The Morgan fingerprint density at radius 2 is 2.14 bits per heavy atom. The molecule has 0 unspecified atom stereocenters. The van der Waals surface area contributed by atoms with Crippen molar-refractivity contribution in [2.45, 2.75) is 39.2 Å². The highest BCUT2D eigenvalue weighted by Crippen LogP contribution is 2.17. The van der Waals surface area contributed by atoms with Gasteiger partial charge in [0.05, 0.1) is 5.69 Å². The van der Waals surface area contributed by atoms with Crippen LogP contribution in [0.1, 0.15) is 39.2 Å².